The van der Waals surface area contributed by atoms with Crippen LogP contribution in [0.15, 0.2) is 30.3 Å². The van der Waals surface area contributed by atoms with Gasteiger partial charge in [-0.2, -0.15) is 0 Å². The van der Waals surface area contributed by atoms with E-state index in [0.29, 0.717) is 11.0 Å². The second-order valence-corrected chi connectivity index (χ2v) is 5.53. The Balaban J connectivity index is 1.99. The summed E-state index contributed by atoms with van der Waals surface area (Å²) in [5.41, 5.74) is 7.66. The van der Waals surface area contributed by atoms with Gasteiger partial charge in [-0.1, -0.05) is 43.8 Å². The fourth-order valence-electron chi connectivity index (χ4n) is 2.52. The number of aromatic nitrogens is 1. The van der Waals surface area contributed by atoms with E-state index < -0.39 is 0 Å². The van der Waals surface area contributed by atoms with Gasteiger partial charge in [0.1, 0.15) is 10.8 Å². The highest BCUT2D eigenvalue weighted by Gasteiger charge is 2.35. The van der Waals surface area contributed by atoms with E-state index in [1.54, 1.807) is 0 Å². The van der Waals surface area contributed by atoms with Gasteiger partial charge in [0.25, 0.3) is 0 Å². The Hall–Kier alpha value is -1.68. The number of anilines is 1. The topological polar surface area (TPSA) is 50.9 Å². The van der Waals surface area contributed by atoms with Gasteiger partial charge in [-0.3, -0.25) is 0 Å². The number of fused-ring (bicyclic) bond motifs is 1. The fraction of sp³-hybridized carbons (Fsp3) is 0.333. The highest BCUT2D eigenvalue weighted by Crippen LogP contribution is 2.36. The number of nitrogens with two attached hydrogens (primary N) is 1. The number of pyridine rings is 1. The minimum atomic E-state index is 0.421. The molecular formula is C15H17N3S. The lowest BCUT2D eigenvalue weighted by molar-refractivity contribution is 0.773. The molecule has 1 aromatic carbocycles. The molecule has 2 atom stereocenters. The van der Waals surface area contributed by atoms with Crippen LogP contribution in [0.1, 0.15) is 25.3 Å². The first-order valence-electron chi connectivity index (χ1n) is 6.65. The maximum atomic E-state index is 5.82. The van der Waals surface area contributed by atoms with Crippen LogP contribution in [0.3, 0.4) is 0 Å². The van der Waals surface area contributed by atoms with E-state index in [4.69, 9.17) is 18.0 Å². The molecule has 4 heteroatoms. The molecule has 2 unspecified atom stereocenters. The molecule has 1 saturated carbocycles. The average Bonchev–Trinajstić information content (AvgIpc) is 3.16. The van der Waals surface area contributed by atoms with Gasteiger partial charge in [-0.05, 0) is 24.5 Å². The molecule has 0 radical (unpaired) electrons. The largest absolute Gasteiger partial charge is 0.389 e. The Morgan fingerprint density at radius 2 is 2.26 bits per heavy atom. The van der Waals surface area contributed by atoms with Crippen LogP contribution in [-0.2, 0) is 0 Å². The van der Waals surface area contributed by atoms with Crippen LogP contribution in [-0.4, -0.2) is 16.0 Å². The van der Waals surface area contributed by atoms with Gasteiger partial charge in [0, 0.05) is 17.0 Å². The number of hydrogen-bond acceptors (Lipinski definition) is 3. The molecule has 3 nitrogen and oxygen atoms in total. The molecule has 2 aromatic rings. The second kappa shape index (κ2) is 4.78. The van der Waals surface area contributed by atoms with Crippen LogP contribution in [0.25, 0.3) is 10.9 Å². The SMILES string of the molecule is CCC1CC1Nc1cc(C(N)=S)c2ccccc2n1. The van der Waals surface area contributed by atoms with Crippen LogP contribution < -0.4 is 11.1 Å². The highest BCUT2D eigenvalue weighted by atomic mass is 32.1. The standard InChI is InChI=1S/C15H17N3S/c1-2-9-7-13(9)18-14-8-11(15(16)19)10-5-3-4-6-12(10)17-14/h3-6,8-9,13H,2,7H2,1H3,(H2,16,19)(H,17,18). The third-order valence-electron chi connectivity index (χ3n) is 3.76. The molecule has 19 heavy (non-hydrogen) atoms. The number of para-hydroxylation sites is 1. The molecule has 1 aliphatic carbocycles. The maximum Gasteiger partial charge on any atom is 0.127 e. The van der Waals surface area contributed by atoms with Crippen molar-refractivity contribution in [3.8, 4) is 0 Å². The second-order valence-electron chi connectivity index (χ2n) is 5.09. The molecule has 0 bridgehead atoms. The van der Waals surface area contributed by atoms with Crippen molar-refractivity contribution in [3.63, 3.8) is 0 Å². The Bertz CT molecular complexity index is 638. The van der Waals surface area contributed by atoms with Crippen LogP contribution in [0.2, 0.25) is 0 Å². The summed E-state index contributed by atoms with van der Waals surface area (Å²) in [5, 5.41) is 4.50. The Labute approximate surface area is 118 Å². The van der Waals surface area contributed by atoms with E-state index in [-0.39, 0.29) is 0 Å². The molecule has 3 rings (SSSR count). The number of hydrogen-bond donors (Lipinski definition) is 2. The summed E-state index contributed by atoms with van der Waals surface area (Å²) in [6.07, 6.45) is 2.45. The predicted molar refractivity (Wildman–Crippen MR) is 83.4 cm³/mol. The van der Waals surface area contributed by atoms with E-state index in [0.717, 1.165) is 28.2 Å². The summed E-state index contributed by atoms with van der Waals surface area (Å²) >= 11 is 5.15. The summed E-state index contributed by atoms with van der Waals surface area (Å²) in [7, 11) is 0. The van der Waals surface area contributed by atoms with E-state index >= 15 is 0 Å². The molecule has 1 heterocycles. The van der Waals surface area contributed by atoms with Crippen molar-refractivity contribution in [2.24, 2.45) is 11.7 Å². The minimum Gasteiger partial charge on any atom is -0.389 e. The van der Waals surface area contributed by atoms with Gasteiger partial charge in [-0.15, -0.1) is 0 Å². The summed E-state index contributed by atoms with van der Waals surface area (Å²) in [5.74, 6) is 1.66. The first kappa shape index (κ1) is 12.4. The van der Waals surface area contributed by atoms with Gasteiger partial charge in [0.2, 0.25) is 0 Å². The van der Waals surface area contributed by atoms with Gasteiger partial charge < -0.3 is 11.1 Å². The summed E-state index contributed by atoms with van der Waals surface area (Å²) in [6.45, 7) is 2.22. The van der Waals surface area contributed by atoms with Crippen LogP contribution in [0, 0.1) is 5.92 Å². The molecule has 0 aliphatic heterocycles. The van der Waals surface area contributed by atoms with Crippen molar-refractivity contribution < 1.29 is 0 Å². The van der Waals surface area contributed by atoms with Gasteiger partial charge >= 0.3 is 0 Å². The smallest absolute Gasteiger partial charge is 0.127 e. The first-order valence-corrected chi connectivity index (χ1v) is 7.06. The lowest BCUT2D eigenvalue weighted by Gasteiger charge is -2.10. The van der Waals surface area contributed by atoms with Crippen molar-refractivity contribution >= 4 is 33.9 Å². The number of nitrogens with one attached hydrogen (secondary N) is 1. The zero-order valence-electron chi connectivity index (χ0n) is 10.9. The number of thiocarbonyl (C=S) groups is 1. The fourth-order valence-corrected chi connectivity index (χ4v) is 2.69. The Kier molecular flexibility index (Phi) is 3.11. The minimum absolute atomic E-state index is 0.421. The highest BCUT2D eigenvalue weighted by molar-refractivity contribution is 7.80. The van der Waals surface area contributed by atoms with E-state index in [1.807, 2.05) is 30.3 Å². The summed E-state index contributed by atoms with van der Waals surface area (Å²) in [6, 6.07) is 10.5. The van der Waals surface area contributed by atoms with Crippen LogP contribution >= 0.6 is 12.2 Å². The van der Waals surface area contributed by atoms with Crippen molar-refractivity contribution in [2.75, 3.05) is 5.32 Å². The zero-order chi connectivity index (χ0) is 13.4. The lowest BCUT2D eigenvalue weighted by atomic mass is 10.1. The van der Waals surface area contributed by atoms with Crippen molar-refractivity contribution in [1.82, 2.24) is 4.98 Å². The normalized spacial score (nSPS) is 21.3. The number of rotatable bonds is 4. The Morgan fingerprint density at radius 3 is 2.95 bits per heavy atom. The van der Waals surface area contributed by atoms with Gasteiger partial charge in [-0.25, -0.2) is 4.98 Å². The molecule has 0 saturated heterocycles. The molecule has 1 fully saturated rings. The average molecular weight is 271 g/mol. The Morgan fingerprint density at radius 1 is 1.47 bits per heavy atom. The quantitative estimate of drug-likeness (QED) is 0.839. The first-order chi connectivity index (χ1) is 9.19. The molecule has 1 aliphatic rings. The molecule has 0 spiro atoms. The third kappa shape index (κ3) is 2.40. The maximum absolute atomic E-state index is 5.82. The molecule has 0 amide bonds. The van der Waals surface area contributed by atoms with E-state index in [1.165, 1.54) is 12.8 Å². The molecule has 98 valence electrons. The van der Waals surface area contributed by atoms with Crippen molar-refractivity contribution in [1.29, 1.82) is 0 Å². The summed E-state index contributed by atoms with van der Waals surface area (Å²) < 4.78 is 0. The summed E-state index contributed by atoms with van der Waals surface area (Å²) in [4.78, 5) is 5.06. The van der Waals surface area contributed by atoms with Crippen LogP contribution in [0.4, 0.5) is 5.82 Å². The molecule has 1 aromatic heterocycles. The monoisotopic (exact) mass is 271 g/mol. The van der Waals surface area contributed by atoms with E-state index in [2.05, 4.69) is 17.2 Å². The number of benzene rings is 1. The predicted octanol–water partition coefficient (Wildman–Crippen LogP) is 3.08. The lowest BCUT2D eigenvalue weighted by Crippen LogP contribution is -2.13. The molecular weight excluding hydrogens is 254 g/mol. The van der Waals surface area contributed by atoms with Gasteiger partial charge in [0.05, 0.1) is 5.52 Å². The molecule has 3 N–H and O–H groups in total. The van der Waals surface area contributed by atoms with Crippen molar-refractivity contribution in [2.45, 2.75) is 25.8 Å². The van der Waals surface area contributed by atoms with E-state index in [9.17, 15) is 0 Å². The third-order valence-corrected chi connectivity index (χ3v) is 3.98. The van der Waals surface area contributed by atoms with Crippen molar-refractivity contribution in [3.05, 3.63) is 35.9 Å². The number of nitrogens with zero attached hydrogens (tertiary/aromatic N) is 1. The zero-order valence-corrected chi connectivity index (χ0v) is 11.7. The van der Waals surface area contributed by atoms with Gasteiger partial charge in [0.15, 0.2) is 0 Å². The van der Waals surface area contributed by atoms with Crippen LogP contribution in [0.5, 0.6) is 0 Å².